The summed E-state index contributed by atoms with van der Waals surface area (Å²) in [6, 6.07) is 16.0. The number of rotatable bonds is 4. The molecule has 3 heteroatoms. The highest BCUT2D eigenvalue weighted by Crippen LogP contribution is 2.32. The molecule has 1 atom stereocenters. The quantitative estimate of drug-likeness (QED) is 0.757. The molecule has 0 aliphatic carbocycles. The first-order valence-electron chi connectivity index (χ1n) is 10.4. The van der Waals surface area contributed by atoms with Crippen LogP contribution in [0, 0.1) is 0 Å². The molecule has 138 valence electrons. The van der Waals surface area contributed by atoms with Crippen molar-refractivity contribution in [3.05, 3.63) is 59.8 Å². The van der Waals surface area contributed by atoms with Gasteiger partial charge in [0.2, 0.25) is 0 Å². The molecule has 2 aliphatic heterocycles. The molecular weight excluding hydrogens is 318 g/mol. The number of likely N-dealkylation sites (tertiary alicyclic amines) is 1. The Balaban J connectivity index is 1.47. The summed E-state index contributed by atoms with van der Waals surface area (Å²) in [5.41, 5.74) is 2.80. The van der Waals surface area contributed by atoms with Crippen LogP contribution in [0.15, 0.2) is 48.7 Å². The summed E-state index contributed by atoms with van der Waals surface area (Å²) in [5.74, 6) is 1.17. The predicted molar refractivity (Wildman–Crippen MR) is 108 cm³/mol. The first kappa shape index (κ1) is 17.5. The SMILES string of the molecule is c1ccc(CN2CCCC[C@@H]2c2ccc(N3CCCCCC3)nc2)cc1. The molecule has 0 spiro atoms. The molecule has 1 aromatic carbocycles. The minimum atomic E-state index is 0.509. The summed E-state index contributed by atoms with van der Waals surface area (Å²) in [6.07, 6.45) is 11.4. The van der Waals surface area contributed by atoms with E-state index in [-0.39, 0.29) is 0 Å². The molecule has 3 nitrogen and oxygen atoms in total. The number of hydrogen-bond donors (Lipinski definition) is 0. The van der Waals surface area contributed by atoms with Crippen LogP contribution in [-0.2, 0) is 6.54 Å². The predicted octanol–water partition coefficient (Wildman–Crippen LogP) is 5.19. The van der Waals surface area contributed by atoms with E-state index in [0.29, 0.717) is 6.04 Å². The lowest BCUT2D eigenvalue weighted by Crippen LogP contribution is -2.33. The monoisotopic (exact) mass is 349 g/mol. The van der Waals surface area contributed by atoms with Crippen molar-refractivity contribution in [2.45, 2.75) is 57.5 Å². The number of pyridine rings is 1. The maximum atomic E-state index is 4.86. The highest BCUT2D eigenvalue weighted by molar-refractivity contribution is 5.40. The summed E-state index contributed by atoms with van der Waals surface area (Å²) in [6.45, 7) is 4.55. The Hall–Kier alpha value is -1.87. The molecule has 4 rings (SSSR count). The van der Waals surface area contributed by atoms with E-state index < -0.39 is 0 Å². The van der Waals surface area contributed by atoms with Gasteiger partial charge in [-0.1, -0.05) is 55.7 Å². The Kier molecular flexibility index (Phi) is 5.85. The van der Waals surface area contributed by atoms with Crippen LogP contribution in [0.1, 0.15) is 62.1 Å². The molecule has 0 amide bonds. The summed E-state index contributed by atoms with van der Waals surface area (Å²) >= 11 is 0. The Morgan fingerprint density at radius 3 is 2.31 bits per heavy atom. The maximum absolute atomic E-state index is 4.86. The van der Waals surface area contributed by atoms with Gasteiger partial charge in [-0.2, -0.15) is 0 Å². The van der Waals surface area contributed by atoms with Gasteiger partial charge in [0.1, 0.15) is 5.82 Å². The number of piperidine rings is 1. The van der Waals surface area contributed by atoms with E-state index in [1.807, 2.05) is 0 Å². The third-order valence-electron chi connectivity index (χ3n) is 5.93. The second-order valence-corrected chi connectivity index (χ2v) is 7.82. The van der Waals surface area contributed by atoms with Crippen LogP contribution in [0.4, 0.5) is 5.82 Å². The standard InChI is InChI=1S/C23H31N3/c1-2-8-16-25(15-7-1)23-14-13-21(18-24-23)22-12-6-9-17-26(22)19-20-10-4-3-5-11-20/h3-5,10-11,13-14,18,22H,1-2,6-9,12,15-17,19H2/t22-/m1/s1. The fourth-order valence-corrected chi connectivity index (χ4v) is 4.46. The van der Waals surface area contributed by atoms with Gasteiger partial charge in [0.25, 0.3) is 0 Å². The molecule has 0 radical (unpaired) electrons. The minimum absolute atomic E-state index is 0.509. The number of hydrogen-bond acceptors (Lipinski definition) is 3. The molecule has 26 heavy (non-hydrogen) atoms. The summed E-state index contributed by atoms with van der Waals surface area (Å²) in [7, 11) is 0. The van der Waals surface area contributed by atoms with Crippen molar-refractivity contribution < 1.29 is 0 Å². The van der Waals surface area contributed by atoms with Gasteiger partial charge in [0.05, 0.1) is 0 Å². The van der Waals surface area contributed by atoms with Crippen molar-refractivity contribution in [1.82, 2.24) is 9.88 Å². The smallest absolute Gasteiger partial charge is 0.128 e. The van der Waals surface area contributed by atoms with Crippen LogP contribution >= 0.6 is 0 Å². The van der Waals surface area contributed by atoms with Crippen molar-refractivity contribution in [2.24, 2.45) is 0 Å². The molecule has 2 aliphatic rings. The van der Waals surface area contributed by atoms with Crippen molar-refractivity contribution in [3.63, 3.8) is 0 Å². The molecule has 2 fully saturated rings. The van der Waals surface area contributed by atoms with Gasteiger partial charge in [0, 0.05) is 31.9 Å². The Morgan fingerprint density at radius 2 is 1.58 bits per heavy atom. The van der Waals surface area contributed by atoms with Gasteiger partial charge in [-0.15, -0.1) is 0 Å². The number of benzene rings is 1. The topological polar surface area (TPSA) is 19.4 Å². The summed E-state index contributed by atoms with van der Waals surface area (Å²) < 4.78 is 0. The third-order valence-corrected chi connectivity index (χ3v) is 5.93. The third kappa shape index (κ3) is 4.27. The minimum Gasteiger partial charge on any atom is -0.357 e. The lowest BCUT2D eigenvalue weighted by Gasteiger charge is -2.36. The van der Waals surface area contributed by atoms with E-state index in [4.69, 9.17) is 4.98 Å². The zero-order chi connectivity index (χ0) is 17.6. The molecule has 2 aromatic rings. The van der Waals surface area contributed by atoms with E-state index in [0.717, 1.165) is 19.6 Å². The fourth-order valence-electron chi connectivity index (χ4n) is 4.46. The van der Waals surface area contributed by atoms with Crippen LogP contribution in [0.25, 0.3) is 0 Å². The van der Waals surface area contributed by atoms with Crippen molar-refractivity contribution in [2.75, 3.05) is 24.5 Å². The lowest BCUT2D eigenvalue weighted by molar-refractivity contribution is 0.140. The van der Waals surface area contributed by atoms with Gasteiger partial charge < -0.3 is 4.90 Å². The molecule has 0 saturated carbocycles. The first-order valence-corrected chi connectivity index (χ1v) is 10.4. The average Bonchev–Trinajstić information content (AvgIpc) is 2.99. The molecule has 0 N–H and O–H groups in total. The van der Waals surface area contributed by atoms with Crippen LogP contribution in [0.2, 0.25) is 0 Å². The van der Waals surface area contributed by atoms with Crippen molar-refractivity contribution >= 4 is 5.82 Å². The van der Waals surface area contributed by atoms with Crippen LogP contribution in [0.3, 0.4) is 0 Å². The van der Waals surface area contributed by atoms with Crippen molar-refractivity contribution in [1.29, 1.82) is 0 Å². The second kappa shape index (κ2) is 8.68. The highest BCUT2D eigenvalue weighted by atomic mass is 15.2. The summed E-state index contributed by atoms with van der Waals surface area (Å²) in [5, 5.41) is 0. The van der Waals surface area contributed by atoms with E-state index >= 15 is 0 Å². The van der Waals surface area contributed by atoms with Crippen LogP contribution in [0.5, 0.6) is 0 Å². The Bertz CT molecular complexity index is 660. The number of anilines is 1. The molecule has 0 bridgehead atoms. The van der Waals surface area contributed by atoms with Gasteiger partial charge in [0.15, 0.2) is 0 Å². The van der Waals surface area contributed by atoms with Gasteiger partial charge in [-0.3, -0.25) is 4.90 Å². The fraction of sp³-hybridized carbons (Fsp3) is 0.522. The highest BCUT2D eigenvalue weighted by Gasteiger charge is 2.24. The second-order valence-electron chi connectivity index (χ2n) is 7.82. The van der Waals surface area contributed by atoms with Gasteiger partial charge in [-0.25, -0.2) is 4.98 Å². The van der Waals surface area contributed by atoms with E-state index in [2.05, 4.69) is 58.5 Å². The van der Waals surface area contributed by atoms with Gasteiger partial charge >= 0.3 is 0 Å². The molecule has 0 unspecified atom stereocenters. The molecule has 2 saturated heterocycles. The normalized spacial score (nSPS) is 22.2. The maximum Gasteiger partial charge on any atom is 0.128 e. The van der Waals surface area contributed by atoms with Gasteiger partial charge in [-0.05, 0) is 49.4 Å². The number of aromatic nitrogens is 1. The molecular formula is C23H31N3. The largest absolute Gasteiger partial charge is 0.357 e. The number of nitrogens with zero attached hydrogens (tertiary/aromatic N) is 3. The van der Waals surface area contributed by atoms with E-state index in [1.165, 1.54) is 68.4 Å². The molecule has 1 aromatic heterocycles. The zero-order valence-corrected chi connectivity index (χ0v) is 15.8. The Labute approximate surface area is 158 Å². The van der Waals surface area contributed by atoms with Crippen LogP contribution < -0.4 is 4.90 Å². The molecule has 3 heterocycles. The van der Waals surface area contributed by atoms with E-state index in [9.17, 15) is 0 Å². The lowest BCUT2D eigenvalue weighted by atomic mass is 9.95. The first-order chi connectivity index (χ1) is 12.9. The Morgan fingerprint density at radius 1 is 0.808 bits per heavy atom. The van der Waals surface area contributed by atoms with Crippen molar-refractivity contribution in [3.8, 4) is 0 Å². The summed E-state index contributed by atoms with van der Waals surface area (Å²) in [4.78, 5) is 9.97. The van der Waals surface area contributed by atoms with E-state index in [1.54, 1.807) is 0 Å². The zero-order valence-electron chi connectivity index (χ0n) is 15.8. The van der Waals surface area contributed by atoms with Crippen LogP contribution in [-0.4, -0.2) is 29.5 Å². The average molecular weight is 350 g/mol.